The number of aliphatic hydroxyl groups is 3. The maximum atomic E-state index is 12.5. The summed E-state index contributed by atoms with van der Waals surface area (Å²) >= 11 is 1.34. The molecule has 254 valence electrons. The van der Waals surface area contributed by atoms with Gasteiger partial charge >= 0.3 is 5.97 Å². The van der Waals surface area contributed by atoms with E-state index in [0.717, 1.165) is 49.8 Å². The predicted octanol–water partition coefficient (Wildman–Crippen LogP) is 1.67. The summed E-state index contributed by atoms with van der Waals surface area (Å²) < 4.78 is 26.5. The third-order valence-electron chi connectivity index (χ3n) is 10.9. The van der Waals surface area contributed by atoms with Crippen molar-refractivity contribution in [2.24, 2.45) is 5.41 Å². The topological polar surface area (TPSA) is 176 Å². The highest BCUT2D eigenvalue weighted by molar-refractivity contribution is 8.00. The normalized spacial score (nSPS) is 37.1. The summed E-state index contributed by atoms with van der Waals surface area (Å²) in [5, 5.41) is 50.4. The Labute approximate surface area is 276 Å². The van der Waals surface area contributed by atoms with E-state index in [1.807, 2.05) is 36.5 Å². The van der Waals surface area contributed by atoms with Gasteiger partial charge in [-0.15, -0.1) is 22.0 Å². The number of fused-ring (bicyclic) bond motifs is 3. The number of benzene rings is 1. The van der Waals surface area contributed by atoms with Crippen LogP contribution in [0.5, 0.6) is 0 Å². The van der Waals surface area contributed by atoms with Crippen molar-refractivity contribution in [1.82, 2.24) is 30.0 Å². The van der Waals surface area contributed by atoms with Crippen LogP contribution in [0.2, 0.25) is 0 Å². The van der Waals surface area contributed by atoms with Crippen LogP contribution in [0.3, 0.4) is 0 Å². The molecule has 3 saturated carbocycles. The second kappa shape index (κ2) is 13.2. The van der Waals surface area contributed by atoms with Gasteiger partial charge in [-0.2, -0.15) is 0 Å². The van der Waals surface area contributed by atoms with Crippen molar-refractivity contribution in [3.8, 4) is 11.3 Å². The first-order valence-corrected chi connectivity index (χ1v) is 17.1. The number of ether oxygens (including phenoxy) is 4. The lowest BCUT2D eigenvalue weighted by Gasteiger charge is -2.50. The molecule has 0 amide bonds. The van der Waals surface area contributed by atoms with E-state index in [-0.39, 0.29) is 24.6 Å². The SMILES string of the molecule is COC(=O)C12CCC(c3cn(C4C(O)C(CO)OC(SC5COCC(n6cc(-c7ccccc7)nn6)C5O)C4OC)nn3)(CC1)CC2. The summed E-state index contributed by atoms with van der Waals surface area (Å²) in [5.74, 6) is -0.126. The summed E-state index contributed by atoms with van der Waals surface area (Å²) in [4.78, 5) is 12.5. The van der Waals surface area contributed by atoms with E-state index < -0.39 is 59.2 Å². The molecule has 1 aromatic carbocycles. The molecule has 0 radical (unpaired) electrons. The molecular formula is C32H42N6O8S. The number of aliphatic hydroxyl groups excluding tert-OH is 3. The van der Waals surface area contributed by atoms with Crippen molar-refractivity contribution in [2.45, 2.75) is 91.1 Å². The third-order valence-corrected chi connectivity index (χ3v) is 12.3. The number of thioether (sulfide) groups is 1. The highest BCUT2D eigenvalue weighted by atomic mass is 32.2. The maximum Gasteiger partial charge on any atom is 0.311 e. The van der Waals surface area contributed by atoms with E-state index in [9.17, 15) is 20.1 Å². The van der Waals surface area contributed by atoms with Crippen molar-refractivity contribution in [3.05, 3.63) is 48.4 Å². The first-order valence-electron chi connectivity index (χ1n) is 16.2. The zero-order valence-corrected chi connectivity index (χ0v) is 27.3. The highest BCUT2D eigenvalue weighted by Gasteiger charge is 2.55. The fourth-order valence-corrected chi connectivity index (χ4v) is 9.43. The van der Waals surface area contributed by atoms with Gasteiger partial charge in [-0.05, 0) is 38.5 Å². The molecule has 15 heteroatoms. The number of nitrogens with zero attached hydrogens (tertiary/aromatic N) is 6. The molecule has 3 aliphatic carbocycles. The van der Waals surface area contributed by atoms with Gasteiger partial charge in [-0.1, -0.05) is 40.8 Å². The number of hydrogen-bond acceptors (Lipinski definition) is 13. The van der Waals surface area contributed by atoms with E-state index in [1.54, 1.807) is 22.7 Å². The Morgan fingerprint density at radius 3 is 2.38 bits per heavy atom. The predicted molar refractivity (Wildman–Crippen MR) is 168 cm³/mol. The minimum absolute atomic E-state index is 0.126. The highest BCUT2D eigenvalue weighted by Crippen LogP contribution is 2.58. The van der Waals surface area contributed by atoms with Crippen LogP contribution < -0.4 is 0 Å². The molecule has 5 aliphatic rings. The monoisotopic (exact) mass is 670 g/mol. The van der Waals surface area contributed by atoms with Crippen LogP contribution in [0.1, 0.15) is 56.3 Å². The number of hydrogen-bond donors (Lipinski definition) is 3. The van der Waals surface area contributed by atoms with Crippen molar-refractivity contribution < 1.29 is 39.1 Å². The lowest BCUT2D eigenvalue weighted by molar-refractivity contribution is -0.186. The Hall–Kier alpha value is -2.92. The molecule has 2 aromatic heterocycles. The molecule has 2 bridgehead atoms. The average molecular weight is 671 g/mol. The van der Waals surface area contributed by atoms with Gasteiger partial charge in [0.2, 0.25) is 0 Å². The molecule has 4 heterocycles. The zero-order valence-electron chi connectivity index (χ0n) is 26.5. The lowest BCUT2D eigenvalue weighted by atomic mass is 9.53. The molecule has 5 fully saturated rings. The van der Waals surface area contributed by atoms with Crippen LogP contribution in [-0.4, -0.2) is 120 Å². The quantitative estimate of drug-likeness (QED) is 0.281. The minimum atomic E-state index is -1.13. The van der Waals surface area contributed by atoms with Gasteiger partial charge in [0.15, 0.2) is 0 Å². The Kier molecular flexibility index (Phi) is 9.15. The Bertz CT molecular complexity index is 1510. The van der Waals surface area contributed by atoms with Crippen LogP contribution in [-0.2, 0) is 29.2 Å². The molecular weight excluding hydrogens is 628 g/mol. The van der Waals surface area contributed by atoms with Gasteiger partial charge in [0, 0.05) is 24.3 Å². The van der Waals surface area contributed by atoms with E-state index in [4.69, 9.17) is 18.9 Å². The first-order chi connectivity index (χ1) is 22.8. The van der Waals surface area contributed by atoms with Crippen LogP contribution in [0.4, 0.5) is 0 Å². The summed E-state index contributed by atoms with van der Waals surface area (Å²) in [6.45, 7) is 0.110. The molecule has 8 unspecified atom stereocenters. The lowest BCUT2D eigenvalue weighted by Crippen LogP contribution is -2.57. The van der Waals surface area contributed by atoms with Crippen LogP contribution >= 0.6 is 11.8 Å². The van der Waals surface area contributed by atoms with Gasteiger partial charge in [0.25, 0.3) is 0 Å². The smallest absolute Gasteiger partial charge is 0.311 e. The molecule has 3 N–H and O–H groups in total. The summed E-state index contributed by atoms with van der Waals surface area (Å²) in [6, 6.07) is 8.50. The van der Waals surface area contributed by atoms with E-state index in [2.05, 4.69) is 20.6 Å². The molecule has 2 aliphatic heterocycles. The third kappa shape index (κ3) is 5.79. The van der Waals surface area contributed by atoms with E-state index in [0.29, 0.717) is 5.69 Å². The van der Waals surface area contributed by atoms with Gasteiger partial charge in [0.05, 0.1) is 55.6 Å². The average Bonchev–Trinajstić information content (AvgIpc) is 3.82. The summed E-state index contributed by atoms with van der Waals surface area (Å²) in [7, 11) is 3.00. The zero-order chi connectivity index (χ0) is 32.8. The first kappa shape index (κ1) is 32.6. The number of aromatic nitrogens is 6. The number of carbonyl (C=O) groups is 1. The van der Waals surface area contributed by atoms with Gasteiger partial charge in [-0.3, -0.25) is 4.79 Å². The fraction of sp³-hybridized carbons (Fsp3) is 0.656. The van der Waals surface area contributed by atoms with E-state index in [1.165, 1.54) is 18.9 Å². The fourth-order valence-electron chi connectivity index (χ4n) is 7.94. The Morgan fingerprint density at radius 2 is 1.70 bits per heavy atom. The Balaban J connectivity index is 1.09. The number of methoxy groups -OCH3 is 2. The van der Waals surface area contributed by atoms with Crippen LogP contribution in [0, 0.1) is 5.41 Å². The van der Waals surface area contributed by atoms with Crippen molar-refractivity contribution in [2.75, 3.05) is 34.0 Å². The molecule has 14 nitrogen and oxygen atoms in total. The van der Waals surface area contributed by atoms with Crippen molar-refractivity contribution in [3.63, 3.8) is 0 Å². The summed E-state index contributed by atoms with van der Waals surface area (Å²) in [6.07, 6.45) is 4.73. The number of carbonyl (C=O) groups excluding carboxylic acids is 1. The Morgan fingerprint density at radius 1 is 0.979 bits per heavy atom. The van der Waals surface area contributed by atoms with Gasteiger partial charge in [-0.25, -0.2) is 9.36 Å². The van der Waals surface area contributed by atoms with Crippen molar-refractivity contribution in [1.29, 1.82) is 0 Å². The number of rotatable bonds is 9. The molecule has 2 saturated heterocycles. The van der Waals surface area contributed by atoms with E-state index >= 15 is 0 Å². The molecule has 0 spiro atoms. The van der Waals surface area contributed by atoms with Gasteiger partial charge in [0.1, 0.15) is 41.5 Å². The number of esters is 1. The van der Waals surface area contributed by atoms with Crippen LogP contribution in [0.25, 0.3) is 11.3 Å². The largest absolute Gasteiger partial charge is 0.469 e. The molecule has 3 aromatic rings. The van der Waals surface area contributed by atoms with Crippen LogP contribution in [0.15, 0.2) is 42.7 Å². The maximum absolute atomic E-state index is 12.5. The second-order valence-corrected chi connectivity index (χ2v) is 14.6. The standard InChI is InChI=1S/C32H42N6O8S/c1-43-28-25(38-15-24(34-36-38)31-8-11-32(12-9-31,13-10-31)30(42)44-2)27(41)22(16-39)46-29(28)47-23-18-45-17-21(26(23)40)37-14-20(33-35-37)19-6-4-3-5-7-19/h3-7,14-15,21-23,25-29,39-41H,8-13,16-18H2,1-2H3. The second-order valence-electron chi connectivity index (χ2n) is 13.3. The molecule has 8 atom stereocenters. The molecule has 47 heavy (non-hydrogen) atoms. The molecule has 8 rings (SSSR count). The van der Waals surface area contributed by atoms with Crippen molar-refractivity contribution >= 4 is 17.7 Å². The summed E-state index contributed by atoms with van der Waals surface area (Å²) in [5.41, 5.74) is 1.16. The van der Waals surface area contributed by atoms with Gasteiger partial charge < -0.3 is 34.3 Å². The minimum Gasteiger partial charge on any atom is -0.469 e.